The van der Waals surface area contributed by atoms with Crippen molar-refractivity contribution in [1.29, 1.82) is 0 Å². The molecule has 0 heterocycles. The fraction of sp³-hybridized carbons (Fsp3) is 0.385. The summed E-state index contributed by atoms with van der Waals surface area (Å²) in [5, 5.41) is 3.18. The lowest BCUT2D eigenvalue weighted by Gasteiger charge is -2.05. The lowest BCUT2D eigenvalue weighted by Crippen LogP contribution is -2.31. The molecule has 0 aliphatic carbocycles. The maximum absolute atomic E-state index is 10.8. The van der Waals surface area contributed by atoms with Gasteiger partial charge in [0.15, 0.2) is 0 Å². The summed E-state index contributed by atoms with van der Waals surface area (Å²) in [6.45, 7) is 3.83. The predicted molar refractivity (Wildman–Crippen MR) is 75.8 cm³/mol. The first-order valence-corrected chi connectivity index (χ1v) is 7.74. The van der Waals surface area contributed by atoms with Crippen LogP contribution in [0.2, 0.25) is 0 Å². The molecule has 0 saturated heterocycles. The lowest BCUT2D eigenvalue weighted by atomic mass is 10.1. The number of hydrogen-bond donors (Lipinski definition) is 2. The topological polar surface area (TPSA) is 58.2 Å². The maximum atomic E-state index is 10.8. The van der Waals surface area contributed by atoms with Gasteiger partial charge in [0.05, 0.1) is 6.26 Å². The van der Waals surface area contributed by atoms with Crippen molar-refractivity contribution < 1.29 is 8.42 Å². The first-order valence-electron chi connectivity index (χ1n) is 5.85. The Labute approximate surface area is 109 Å². The number of benzene rings is 1. The molecule has 0 fully saturated rings. The summed E-state index contributed by atoms with van der Waals surface area (Å²) in [4.78, 5) is 0. The molecule has 1 aromatic rings. The number of rotatable bonds is 7. The van der Waals surface area contributed by atoms with E-state index < -0.39 is 10.0 Å². The molecule has 0 aromatic heterocycles. The molecule has 2 N–H and O–H groups in total. The molecule has 0 spiro atoms. The van der Waals surface area contributed by atoms with Crippen molar-refractivity contribution in [2.24, 2.45) is 0 Å². The molecule has 0 radical (unpaired) electrons. The van der Waals surface area contributed by atoms with Gasteiger partial charge < -0.3 is 5.32 Å². The number of hydrogen-bond acceptors (Lipinski definition) is 3. The van der Waals surface area contributed by atoms with Gasteiger partial charge in [-0.05, 0) is 12.5 Å². The van der Waals surface area contributed by atoms with Gasteiger partial charge in [-0.1, -0.05) is 42.0 Å². The third kappa shape index (κ3) is 7.21. The Balaban J connectivity index is 2.25. The van der Waals surface area contributed by atoms with Crippen LogP contribution in [0.4, 0.5) is 0 Å². The zero-order valence-corrected chi connectivity index (χ0v) is 11.6. The molecule has 0 amide bonds. The van der Waals surface area contributed by atoms with Gasteiger partial charge in [-0.25, -0.2) is 13.1 Å². The van der Waals surface area contributed by atoms with E-state index in [2.05, 4.69) is 28.2 Å². The Morgan fingerprint density at radius 1 is 1.22 bits per heavy atom. The van der Waals surface area contributed by atoms with Crippen molar-refractivity contribution in [3.05, 3.63) is 41.5 Å². The second kappa shape index (κ2) is 7.31. The van der Waals surface area contributed by atoms with Crippen LogP contribution in [-0.4, -0.2) is 34.3 Å². The Morgan fingerprint density at radius 3 is 2.50 bits per heavy atom. The van der Waals surface area contributed by atoms with Crippen LogP contribution in [0.1, 0.15) is 12.5 Å². The summed E-state index contributed by atoms with van der Waals surface area (Å²) in [5.41, 5.74) is 2.38. The Bertz CT molecular complexity index is 481. The van der Waals surface area contributed by atoms with Crippen molar-refractivity contribution in [3.63, 3.8) is 0 Å². The highest BCUT2D eigenvalue weighted by Gasteiger charge is 1.98. The molecule has 0 atom stereocenters. The largest absolute Gasteiger partial charge is 0.312 e. The van der Waals surface area contributed by atoms with E-state index in [-0.39, 0.29) is 0 Å². The molecule has 0 aliphatic heterocycles. The van der Waals surface area contributed by atoms with Gasteiger partial charge in [0.2, 0.25) is 10.0 Å². The van der Waals surface area contributed by atoms with Crippen molar-refractivity contribution in [2.45, 2.75) is 6.92 Å². The Kier molecular flexibility index (Phi) is 6.04. The third-order valence-corrected chi connectivity index (χ3v) is 3.01. The summed E-state index contributed by atoms with van der Waals surface area (Å²) in [6, 6.07) is 10.1. The van der Waals surface area contributed by atoms with Crippen LogP contribution >= 0.6 is 0 Å². The van der Waals surface area contributed by atoms with Crippen LogP contribution < -0.4 is 10.0 Å². The summed E-state index contributed by atoms with van der Waals surface area (Å²) < 4.78 is 24.1. The van der Waals surface area contributed by atoms with E-state index in [1.54, 1.807) is 0 Å². The van der Waals surface area contributed by atoms with Gasteiger partial charge in [0, 0.05) is 19.6 Å². The molecule has 0 aliphatic rings. The number of sulfonamides is 1. The maximum Gasteiger partial charge on any atom is 0.208 e. The van der Waals surface area contributed by atoms with Crippen LogP contribution in [0, 0.1) is 0 Å². The van der Waals surface area contributed by atoms with Crippen LogP contribution in [0.25, 0.3) is 6.08 Å². The first kappa shape index (κ1) is 14.9. The van der Waals surface area contributed by atoms with E-state index in [4.69, 9.17) is 0 Å². The summed E-state index contributed by atoms with van der Waals surface area (Å²) in [6.07, 6.45) is 3.27. The monoisotopic (exact) mass is 268 g/mol. The van der Waals surface area contributed by atoms with Crippen LogP contribution in [0.15, 0.2) is 35.9 Å². The molecule has 0 bridgehead atoms. The highest BCUT2D eigenvalue weighted by Crippen LogP contribution is 2.04. The molecule has 4 nitrogen and oxygen atoms in total. The van der Waals surface area contributed by atoms with Gasteiger partial charge in [0.25, 0.3) is 0 Å². The van der Waals surface area contributed by atoms with E-state index in [1.165, 1.54) is 11.1 Å². The lowest BCUT2D eigenvalue weighted by molar-refractivity contribution is 0.584. The minimum Gasteiger partial charge on any atom is -0.312 e. The SMILES string of the molecule is C/C(=C/c1ccccc1)CNCCNS(C)(=O)=O. The van der Waals surface area contributed by atoms with Gasteiger partial charge in [-0.2, -0.15) is 0 Å². The fourth-order valence-corrected chi connectivity index (χ4v) is 1.97. The second-order valence-electron chi connectivity index (χ2n) is 4.24. The van der Waals surface area contributed by atoms with Gasteiger partial charge in [0.1, 0.15) is 0 Å². The van der Waals surface area contributed by atoms with Crippen molar-refractivity contribution in [1.82, 2.24) is 10.0 Å². The van der Waals surface area contributed by atoms with E-state index in [1.807, 2.05) is 25.1 Å². The van der Waals surface area contributed by atoms with Gasteiger partial charge in [-0.3, -0.25) is 0 Å². The smallest absolute Gasteiger partial charge is 0.208 e. The normalized spacial score (nSPS) is 12.7. The number of nitrogens with one attached hydrogen (secondary N) is 2. The average molecular weight is 268 g/mol. The third-order valence-electron chi connectivity index (χ3n) is 2.28. The highest BCUT2D eigenvalue weighted by atomic mass is 32.2. The zero-order valence-electron chi connectivity index (χ0n) is 10.8. The average Bonchev–Trinajstić information content (AvgIpc) is 2.28. The predicted octanol–water partition coefficient (Wildman–Crippen LogP) is 1.23. The minimum atomic E-state index is -3.08. The van der Waals surface area contributed by atoms with Crippen molar-refractivity contribution in [3.8, 4) is 0 Å². The van der Waals surface area contributed by atoms with Gasteiger partial charge >= 0.3 is 0 Å². The molecule has 18 heavy (non-hydrogen) atoms. The minimum absolute atomic E-state index is 0.414. The molecule has 1 rings (SSSR count). The molecular weight excluding hydrogens is 248 g/mol. The summed E-state index contributed by atoms with van der Waals surface area (Å²) in [5.74, 6) is 0. The van der Waals surface area contributed by atoms with Crippen LogP contribution in [0.5, 0.6) is 0 Å². The quantitative estimate of drug-likeness (QED) is 0.731. The van der Waals surface area contributed by atoms with E-state index in [0.29, 0.717) is 13.1 Å². The van der Waals surface area contributed by atoms with Crippen molar-refractivity contribution >= 4 is 16.1 Å². The Morgan fingerprint density at radius 2 is 1.89 bits per heavy atom. The van der Waals surface area contributed by atoms with E-state index in [9.17, 15) is 8.42 Å². The molecular formula is C13H20N2O2S. The standard InChI is InChI=1S/C13H20N2O2S/c1-12(10-13-6-4-3-5-7-13)11-14-8-9-15-18(2,16)17/h3-7,10,14-15H,8-9,11H2,1-2H3/b12-10-. The second-order valence-corrected chi connectivity index (χ2v) is 6.08. The van der Waals surface area contributed by atoms with Gasteiger partial charge in [-0.15, -0.1) is 0 Å². The first-order chi connectivity index (χ1) is 8.47. The molecule has 0 unspecified atom stereocenters. The summed E-state index contributed by atoms with van der Waals surface area (Å²) in [7, 11) is -3.08. The molecule has 100 valence electrons. The van der Waals surface area contributed by atoms with Crippen LogP contribution in [-0.2, 0) is 10.0 Å². The molecule has 0 saturated carbocycles. The fourth-order valence-electron chi connectivity index (χ4n) is 1.50. The zero-order chi connectivity index (χ0) is 13.4. The Hall–Kier alpha value is -1.17. The van der Waals surface area contributed by atoms with Crippen molar-refractivity contribution in [2.75, 3.05) is 25.9 Å². The molecule has 5 heteroatoms. The molecule has 1 aromatic carbocycles. The van der Waals surface area contributed by atoms with E-state index in [0.717, 1.165) is 12.8 Å². The highest BCUT2D eigenvalue weighted by molar-refractivity contribution is 7.88. The summed E-state index contributed by atoms with van der Waals surface area (Å²) >= 11 is 0. The van der Waals surface area contributed by atoms with Crippen LogP contribution in [0.3, 0.4) is 0 Å². The van der Waals surface area contributed by atoms with E-state index >= 15 is 0 Å².